The Morgan fingerprint density at radius 2 is 1.81 bits per heavy atom. The van der Waals surface area contributed by atoms with Gasteiger partial charge in [-0.3, -0.25) is 0 Å². The zero-order valence-corrected chi connectivity index (χ0v) is 13.1. The molecule has 1 aromatic rings. The summed E-state index contributed by atoms with van der Waals surface area (Å²) in [4.78, 5) is 0. The first-order valence-electron chi connectivity index (χ1n) is 7.47. The number of sulfone groups is 1. The van der Waals surface area contributed by atoms with Gasteiger partial charge in [0.2, 0.25) is 0 Å². The zero-order chi connectivity index (χ0) is 15.3. The van der Waals surface area contributed by atoms with Gasteiger partial charge in [-0.15, -0.1) is 0 Å². The molecule has 5 heteroatoms. The van der Waals surface area contributed by atoms with Crippen LogP contribution < -0.4 is 0 Å². The fraction of sp³-hybridized carbons (Fsp3) is 0.625. The quantitative estimate of drug-likeness (QED) is 0.798. The molecule has 21 heavy (non-hydrogen) atoms. The van der Waals surface area contributed by atoms with Gasteiger partial charge in [-0.05, 0) is 37.2 Å². The van der Waals surface area contributed by atoms with Crippen LogP contribution in [-0.2, 0) is 16.3 Å². The Morgan fingerprint density at radius 1 is 1.14 bits per heavy atom. The molecular weight excluding hydrogens is 288 g/mol. The standard InChI is InChI=1S/C16H24O4S/c17-12-16(13-18,15-8-10-21(19,20)11-15)9-4-7-14-5-2-1-3-6-14/h1-3,5-6,15,17-18H,4,7-13H2. The van der Waals surface area contributed by atoms with E-state index in [1.54, 1.807) is 0 Å². The fourth-order valence-electron chi connectivity index (χ4n) is 3.24. The minimum absolute atomic E-state index is 0.0967. The smallest absolute Gasteiger partial charge is 0.150 e. The molecule has 2 N–H and O–H groups in total. The van der Waals surface area contributed by atoms with Crippen molar-refractivity contribution in [1.82, 2.24) is 0 Å². The first-order valence-corrected chi connectivity index (χ1v) is 9.29. The summed E-state index contributed by atoms with van der Waals surface area (Å²) in [6.45, 7) is -0.309. The zero-order valence-electron chi connectivity index (χ0n) is 12.2. The number of hydrogen-bond donors (Lipinski definition) is 2. The number of hydrogen-bond acceptors (Lipinski definition) is 4. The van der Waals surface area contributed by atoms with E-state index in [1.807, 2.05) is 18.2 Å². The summed E-state index contributed by atoms with van der Waals surface area (Å²) >= 11 is 0. The van der Waals surface area contributed by atoms with E-state index < -0.39 is 15.3 Å². The van der Waals surface area contributed by atoms with E-state index in [9.17, 15) is 18.6 Å². The van der Waals surface area contributed by atoms with Gasteiger partial charge in [-0.2, -0.15) is 0 Å². The molecule has 1 aromatic carbocycles. The summed E-state index contributed by atoms with van der Waals surface area (Å²) in [6, 6.07) is 10.1. The lowest BCUT2D eigenvalue weighted by atomic mass is 9.72. The van der Waals surface area contributed by atoms with Crippen LogP contribution in [0.1, 0.15) is 24.8 Å². The predicted molar refractivity (Wildman–Crippen MR) is 82.7 cm³/mol. The van der Waals surface area contributed by atoms with Gasteiger partial charge in [0.1, 0.15) is 0 Å². The van der Waals surface area contributed by atoms with Gasteiger partial charge in [-0.1, -0.05) is 30.3 Å². The van der Waals surface area contributed by atoms with Gasteiger partial charge in [0.25, 0.3) is 0 Å². The van der Waals surface area contributed by atoms with Gasteiger partial charge in [0, 0.05) is 5.41 Å². The maximum atomic E-state index is 11.7. The van der Waals surface area contributed by atoms with E-state index in [4.69, 9.17) is 0 Å². The average Bonchev–Trinajstić information content (AvgIpc) is 2.86. The van der Waals surface area contributed by atoms with Crippen LogP contribution in [0.2, 0.25) is 0 Å². The van der Waals surface area contributed by atoms with Crippen molar-refractivity contribution in [1.29, 1.82) is 0 Å². The van der Waals surface area contributed by atoms with Crippen molar-refractivity contribution in [3.63, 3.8) is 0 Å². The van der Waals surface area contributed by atoms with Crippen LogP contribution in [-0.4, -0.2) is 43.4 Å². The van der Waals surface area contributed by atoms with Crippen LogP contribution >= 0.6 is 0 Å². The van der Waals surface area contributed by atoms with Crippen molar-refractivity contribution >= 4 is 9.84 Å². The van der Waals surface area contributed by atoms with Crippen molar-refractivity contribution in [3.8, 4) is 0 Å². The van der Waals surface area contributed by atoms with E-state index in [2.05, 4.69) is 12.1 Å². The maximum absolute atomic E-state index is 11.7. The molecule has 1 fully saturated rings. The molecule has 1 aliphatic heterocycles. The van der Waals surface area contributed by atoms with Gasteiger partial charge >= 0.3 is 0 Å². The second kappa shape index (κ2) is 6.90. The molecule has 4 nitrogen and oxygen atoms in total. The van der Waals surface area contributed by atoms with Gasteiger partial charge < -0.3 is 10.2 Å². The molecule has 118 valence electrons. The summed E-state index contributed by atoms with van der Waals surface area (Å²) < 4.78 is 23.3. The molecule has 0 bridgehead atoms. The Labute approximate surface area is 126 Å². The van der Waals surface area contributed by atoms with E-state index in [0.717, 1.165) is 12.8 Å². The maximum Gasteiger partial charge on any atom is 0.150 e. The van der Waals surface area contributed by atoms with E-state index in [-0.39, 0.29) is 30.6 Å². The van der Waals surface area contributed by atoms with Crippen molar-refractivity contribution in [2.75, 3.05) is 24.7 Å². The highest BCUT2D eigenvalue weighted by Gasteiger charge is 2.43. The molecule has 1 aliphatic rings. The van der Waals surface area contributed by atoms with Crippen LogP contribution in [0.3, 0.4) is 0 Å². The van der Waals surface area contributed by atoms with Gasteiger partial charge in [0.15, 0.2) is 9.84 Å². The Balaban J connectivity index is 1.98. The molecule has 1 saturated heterocycles. The number of rotatable bonds is 7. The number of aryl methyl sites for hydroxylation is 1. The Bertz CT molecular complexity index is 535. The topological polar surface area (TPSA) is 74.6 Å². The Morgan fingerprint density at radius 3 is 2.33 bits per heavy atom. The van der Waals surface area contributed by atoms with Crippen LogP contribution in [0.15, 0.2) is 30.3 Å². The lowest BCUT2D eigenvalue weighted by Gasteiger charge is -2.35. The van der Waals surface area contributed by atoms with Crippen molar-refractivity contribution in [2.45, 2.75) is 25.7 Å². The molecule has 0 saturated carbocycles. The monoisotopic (exact) mass is 312 g/mol. The van der Waals surface area contributed by atoms with Crippen molar-refractivity contribution < 1.29 is 18.6 Å². The fourth-order valence-corrected chi connectivity index (χ4v) is 5.18. The highest BCUT2D eigenvalue weighted by atomic mass is 32.2. The highest BCUT2D eigenvalue weighted by Crippen LogP contribution is 2.39. The summed E-state index contributed by atoms with van der Waals surface area (Å²) in [7, 11) is -3.00. The first kappa shape index (κ1) is 16.5. The van der Waals surface area contributed by atoms with Crippen LogP contribution in [0.25, 0.3) is 0 Å². The minimum Gasteiger partial charge on any atom is -0.396 e. The van der Waals surface area contributed by atoms with Crippen molar-refractivity contribution in [3.05, 3.63) is 35.9 Å². The third-order valence-electron chi connectivity index (χ3n) is 4.71. The summed E-state index contributed by atoms with van der Waals surface area (Å²) in [5, 5.41) is 19.5. The van der Waals surface area contributed by atoms with Gasteiger partial charge in [-0.25, -0.2) is 8.42 Å². The minimum atomic E-state index is -3.00. The molecule has 1 unspecified atom stereocenters. The third kappa shape index (κ3) is 4.05. The molecule has 1 atom stereocenters. The number of aliphatic hydroxyl groups is 2. The van der Waals surface area contributed by atoms with Gasteiger partial charge in [0.05, 0.1) is 24.7 Å². The molecule has 2 rings (SSSR count). The van der Waals surface area contributed by atoms with Crippen LogP contribution in [0.4, 0.5) is 0 Å². The molecule has 1 heterocycles. The average molecular weight is 312 g/mol. The largest absolute Gasteiger partial charge is 0.396 e. The predicted octanol–water partition coefficient (Wildman–Crippen LogP) is 1.41. The molecule has 0 spiro atoms. The molecular formula is C16H24O4S. The molecule has 0 aliphatic carbocycles. The number of benzene rings is 1. The van der Waals surface area contributed by atoms with Crippen LogP contribution in [0.5, 0.6) is 0 Å². The normalized spacial score (nSPS) is 21.5. The molecule has 0 aromatic heterocycles. The third-order valence-corrected chi connectivity index (χ3v) is 6.48. The second-order valence-corrected chi connectivity index (χ2v) is 8.35. The molecule has 0 radical (unpaired) electrons. The molecule has 0 amide bonds. The van der Waals surface area contributed by atoms with Crippen molar-refractivity contribution in [2.24, 2.45) is 11.3 Å². The Hall–Kier alpha value is -0.910. The first-order chi connectivity index (χ1) is 10.0. The summed E-state index contributed by atoms with van der Waals surface area (Å²) in [5.41, 5.74) is 0.555. The van der Waals surface area contributed by atoms with E-state index in [0.29, 0.717) is 12.8 Å². The van der Waals surface area contributed by atoms with Crippen LogP contribution in [0, 0.1) is 11.3 Å². The Kier molecular flexibility index (Phi) is 5.41. The summed E-state index contributed by atoms with van der Waals surface area (Å²) in [6.07, 6.45) is 2.91. The SMILES string of the molecule is O=S1(=O)CCC(C(CO)(CO)CCCc2ccccc2)C1. The second-order valence-electron chi connectivity index (χ2n) is 6.12. The summed E-state index contributed by atoms with van der Waals surface area (Å²) in [5.74, 6) is 0.144. The lowest BCUT2D eigenvalue weighted by molar-refractivity contribution is 0.00366. The number of aliphatic hydroxyl groups excluding tert-OH is 2. The van der Waals surface area contributed by atoms with E-state index in [1.165, 1.54) is 5.56 Å². The lowest BCUT2D eigenvalue weighted by Crippen LogP contribution is -2.39. The van der Waals surface area contributed by atoms with E-state index >= 15 is 0 Å². The highest BCUT2D eigenvalue weighted by molar-refractivity contribution is 7.91.